The Morgan fingerprint density at radius 1 is 0.818 bits per heavy atom. The van der Waals surface area contributed by atoms with Crippen molar-refractivity contribution >= 4 is 23.3 Å². The van der Waals surface area contributed by atoms with E-state index in [1.165, 1.54) is 12.1 Å². The predicted octanol–water partition coefficient (Wildman–Crippen LogP) is 1.76. The lowest BCUT2D eigenvalue weighted by Gasteiger charge is -2.52. The molecule has 0 spiro atoms. The Morgan fingerprint density at radius 2 is 1.36 bits per heavy atom. The van der Waals surface area contributed by atoms with Gasteiger partial charge in [-0.25, -0.2) is 8.78 Å². The molecule has 6 N–H and O–H groups in total. The van der Waals surface area contributed by atoms with Crippen molar-refractivity contribution in [3.63, 3.8) is 0 Å². The summed E-state index contributed by atoms with van der Waals surface area (Å²) in [5.41, 5.74) is 14.1. The monoisotopic (exact) mass is 456 g/mol. The molecule has 2 fully saturated rings. The highest BCUT2D eigenvalue weighted by atomic mass is 19.1. The third-order valence-electron chi connectivity index (χ3n) is 6.52. The lowest BCUT2D eigenvalue weighted by Crippen LogP contribution is -2.68. The molecular weight excluding hydrogens is 426 g/mol. The number of guanidine groups is 2. The minimum Gasteiger partial charge on any atom is -0.370 e. The van der Waals surface area contributed by atoms with Crippen LogP contribution in [0.2, 0.25) is 0 Å². The van der Waals surface area contributed by atoms with Crippen LogP contribution in [0.25, 0.3) is 0 Å². The van der Waals surface area contributed by atoms with Crippen LogP contribution >= 0.6 is 0 Å². The molecule has 2 aliphatic rings. The molecule has 0 aromatic heterocycles. The van der Waals surface area contributed by atoms with Crippen molar-refractivity contribution in [3.8, 4) is 0 Å². The molecule has 4 rings (SSSR count). The average molecular weight is 457 g/mol. The molecule has 0 bridgehead atoms. The molecule has 2 heterocycles. The van der Waals surface area contributed by atoms with Gasteiger partial charge in [0.1, 0.15) is 12.5 Å². The van der Waals surface area contributed by atoms with E-state index in [4.69, 9.17) is 22.3 Å². The van der Waals surface area contributed by atoms with E-state index in [0.29, 0.717) is 44.8 Å². The van der Waals surface area contributed by atoms with Crippen molar-refractivity contribution in [3.05, 3.63) is 59.9 Å². The normalized spacial score (nSPS) is 21.3. The van der Waals surface area contributed by atoms with Crippen molar-refractivity contribution in [2.24, 2.45) is 11.5 Å². The largest absolute Gasteiger partial charge is 0.370 e. The van der Waals surface area contributed by atoms with Crippen LogP contribution in [-0.4, -0.2) is 73.1 Å². The zero-order chi connectivity index (χ0) is 23.5. The highest BCUT2D eigenvalue weighted by Crippen LogP contribution is 2.30. The van der Waals surface area contributed by atoms with E-state index in [-0.39, 0.29) is 29.8 Å². The third kappa shape index (κ3) is 4.79. The van der Waals surface area contributed by atoms with Gasteiger partial charge in [-0.2, -0.15) is 0 Å². The molecule has 2 aromatic rings. The van der Waals surface area contributed by atoms with Gasteiger partial charge in [0.15, 0.2) is 11.9 Å². The highest BCUT2D eigenvalue weighted by molar-refractivity contribution is 5.76. The second-order valence-electron chi connectivity index (χ2n) is 8.46. The number of nitrogens with two attached hydrogens (primary N) is 2. The van der Waals surface area contributed by atoms with Crippen LogP contribution in [0.15, 0.2) is 48.5 Å². The molecule has 0 radical (unpaired) electrons. The number of hydrogen-bond donors (Lipinski definition) is 4. The Labute approximate surface area is 192 Å². The fourth-order valence-electron chi connectivity index (χ4n) is 4.81. The van der Waals surface area contributed by atoms with Gasteiger partial charge in [0.25, 0.3) is 0 Å². The molecule has 2 aliphatic heterocycles. The smallest absolute Gasteiger partial charge is 0.188 e. The van der Waals surface area contributed by atoms with Crippen molar-refractivity contribution in [1.29, 1.82) is 10.8 Å². The maximum Gasteiger partial charge on any atom is 0.188 e. The van der Waals surface area contributed by atoms with E-state index in [9.17, 15) is 8.78 Å². The van der Waals surface area contributed by atoms with Crippen LogP contribution in [0.1, 0.15) is 5.56 Å². The van der Waals surface area contributed by atoms with Crippen LogP contribution in [0.4, 0.5) is 20.2 Å². The predicted molar refractivity (Wildman–Crippen MR) is 127 cm³/mol. The molecule has 0 saturated carbocycles. The van der Waals surface area contributed by atoms with Gasteiger partial charge in [-0.1, -0.05) is 12.1 Å². The van der Waals surface area contributed by atoms with E-state index in [1.54, 1.807) is 18.2 Å². The summed E-state index contributed by atoms with van der Waals surface area (Å²) in [4.78, 5) is 8.09. The second-order valence-corrected chi connectivity index (χ2v) is 8.46. The van der Waals surface area contributed by atoms with Gasteiger partial charge in [-0.15, -0.1) is 0 Å². The number of alkyl halides is 1. The second kappa shape index (κ2) is 9.51. The number of anilines is 2. The molecule has 176 valence electrons. The Kier molecular flexibility index (Phi) is 6.52. The van der Waals surface area contributed by atoms with Gasteiger partial charge in [-0.3, -0.25) is 10.8 Å². The van der Waals surface area contributed by atoms with Crippen molar-refractivity contribution < 1.29 is 8.78 Å². The van der Waals surface area contributed by atoms with Gasteiger partial charge in [0.05, 0.1) is 12.1 Å². The van der Waals surface area contributed by atoms with Gasteiger partial charge in [0.2, 0.25) is 0 Å². The quantitative estimate of drug-likeness (QED) is 0.412. The summed E-state index contributed by atoms with van der Waals surface area (Å²) < 4.78 is 27.0. The van der Waals surface area contributed by atoms with Gasteiger partial charge in [0, 0.05) is 50.6 Å². The number of nitrogens with zero attached hydrogens (tertiary/aromatic N) is 4. The van der Waals surface area contributed by atoms with E-state index < -0.39 is 6.67 Å². The summed E-state index contributed by atoms with van der Waals surface area (Å²) in [5.74, 6) is -0.295. The fraction of sp³-hybridized carbons (Fsp3) is 0.391. The molecule has 2 aromatic carbocycles. The molecule has 33 heavy (non-hydrogen) atoms. The first kappa shape index (κ1) is 22.6. The minimum atomic E-state index is -0.546. The van der Waals surface area contributed by atoms with E-state index in [1.807, 2.05) is 28.0 Å². The van der Waals surface area contributed by atoms with Crippen LogP contribution in [0.5, 0.6) is 0 Å². The van der Waals surface area contributed by atoms with E-state index in [2.05, 4.69) is 9.80 Å². The number of piperazine rings is 2. The highest BCUT2D eigenvalue weighted by Gasteiger charge is 2.40. The summed E-state index contributed by atoms with van der Waals surface area (Å²) in [6.45, 7) is 2.79. The third-order valence-corrected chi connectivity index (χ3v) is 6.52. The summed E-state index contributed by atoms with van der Waals surface area (Å²) in [7, 11) is 0. The Hall–Kier alpha value is -3.56. The van der Waals surface area contributed by atoms with Gasteiger partial charge >= 0.3 is 0 Å². The number of hydrogen-bond acceptors (Lipinski definition) is 4. The maximum atomic E-state index is 13.6. The molecule has 2 unspecified atom stereocenters. The van der Waals surface area contributed by atoms with E-state index >= 15 is 0 Å². The van der Waals surface area contributed by atoms with Gasteiger partial charge in [-0.05, 0) is 42.0 Å². The first-order valence-corrected chi connectivity index (χ1v) is 11.0. The molecule has 2 atom stereocenters. The molecule has 0 amide bonds. The molecule has 10 heteroatoms. The van der Waals surface area contributed by atoms with Crippen molar-refractivity contribution in [2.75, 3.05) is 49.1 Å². The molecule has 2 saturated heterocycles. The average Bonchev–Trinajstić information content (AvgIpc) is 2.83. The number of nitrogens with one attached hydrogen (secondary N) is 2. The summed E-state index contributed by atoms with van der Waals surface area (Å²) in [6.07, 6.45) is 0. The Morgan fingerprint density at radius 3 is 1.88 bits per heavy atom. The van der Waals surface area contributed by atoms with Crippen molar-refractivity contribution in [1.82, 2.24) is 9.80 Å². The first-order chi connectivity index (χ1) is 15.9. The fourth-order valence-corrected chi connectivity index (χ4v) is 4.81. The number of rotatable bonds is 4. The van der Waals surface area contributed by atoms with Crippen LogP contribution in [0, 0.1) is 16.6 Å². The minimum absolute atomic E-state index is 0.00367. The lowest BCUT2D eigenvalue weighted by molar-refractivity contribution is 0.238. The lowest BCUT2D eigenvalue weighted by atomic mass is 9.96. The first-order valence-electron chi connectivity index (χ1n) is 11.0. The Bertz CT molecular complexity index is 998. The number of halogens is 2. The Balaban J connectivity index is 1.74. The zero-order valence-electron chi connectivity index (χ0n) is 18.4. The summed E-state index contributed by atoms with van der Waals surface area (Å²) in [6, 6.07) is 13.5. The van der Waals surface area contributed by atoms with Crippen molar-refractivity contribution in [2.45, 2.75) is 18.8 Å². The van der Waals surface area contributed by atoms with E-state index in [0.717, 1.165) is 11.4 Å². The van der Waals surface area contributed by atoms with Crippen LogP contribution in [-0.2, 0) is 6.67 Å². The maximum absolute atomic E-state index is 13.6. The molecular formula is C23H30F2N8. The number of benzene rings is 2. The van der Waals surface area contributed by atoms with Crippen LogP contribution in [0.3, 0.4) is 0 Å². The topological polar surface area (TPSA) is 113 Å². The zero-order valence-corrected chi connectivity index (χ0v) is 18.4. The summed E-state index contributed by atoms with van der Waals surface area (Å²) in [5, 5.41) is 16.0. The molecule has 8 nitrogen and oxygen atoms in total. The summed E-state index contributed by atoms with van der Waals surface area (Å²) >= 11 is 0. The standard InChI is InChI=1S/C23H30F2N8/c24-13-16-2-1-3-19(12-16)33-11-9-31(23(28)29)15-21(33)20-14-30(22(26)27)8-10-32(20)18-6-4-17(25)5-7-18/h1-7,12,20-21H,8-11,13-15H2,(H3,26,27)(H3,28,29). The van der Waals surface area contributed by atoms with Gasteiger partial charge < -0.3 is 31.1 Å². The SMILES string of the molecule is N=C(N)N1CCN(c2ccc(F)cc2)C(C2CN(C(=N)N)CCN2c2cccc(CF)c2)C1. The van der Waals surface area contributed by atoms with Crippen LogP contribution < -0.4 is 21.3 Å². The molecule has 0 aliphatic carbocycles.